The Balaban J connectivity index is 1.52. The molecule has 1 spiro atoms. The number of aliphatic hydroxyl groups excluding tert-OH is 2. The Labute approximate surface area is 160 Å². The van der Waals surface area contributed by atoms with Crippen molar-refractivity contribution in [2.24, 2.45) is 17.3 Å². The van der Waals surface area contributed by atoms with Gasteiger partial charge in [-0.25, -0.2) is 0 Å². The van der Waals surface area contributed by atoms with Crippen LogP contribution in [0.2, 0.25) is 0 Å². The number of Topliss-reactive ketones (excluding diaryl/α,β-unsaturated/α-hetero) is 2. The van der Waals surface area contributed by atoms with E-state index in [2.05, 4.69) is 0 Å². The maximum absolute atomic E-state index is 13.7. The average Bonchev–Trinajstić information content (AvgIpc) is 3.57. The quantitative estimate of drug-likeness (QED) is 0.509. The molecule has 3 saturated heterocycles. The number of hydrogen-bond acceptors (Lipinski definition) is 8. The van der Waals surface area contributed by atoms with E-state index >= 15 is 0 Å². The molecule has 28 heavy (non-hydrogen) atoms. The molecule has 0 radical (unpaired) electrons. The van der Waals surface area contributed by atoms with Crippen molar-refractivity contribution >= 4 is 11.6 Å². The number of ketones is 2. The zero-order chi connectivity index (χ0) is 19.3. The zero-order valence-electron chi connectivity index (χ0n) is 15.3. The lowest BCUT2D eigenvalue weighted by atomic mass is 9.45. The van der Waals surface area contributed by atoms with Gasteiger partial charge in [-0.1, -0.05) is 0 Å². The van der Waals surface area contributed by atoms with Gasteiger partial charge in [-0.05, 0) is 19.4 Å². The fraction of sp³-hybridized carbons (Fsp3) is 0.700. The van der Waals surface area contributed by atoms with E-state index in [9.17, 15) is 19.8 Å². The van der Waals surface area contributed by atoms with Crippen molar-refractivity contribution in [2.45, 2.75) is 68.8 Å². The first kappa shape index (κ1) is 16.2. The van der Waals surface area contributed by atoms with E-state index in [-0.39, 0.29) is 29.7 Å². The maximum Gasteiger partial charge on any atom is 0.190 e. The van der Waals surface area contributed by atoms with Crippen molar-refractivity contribution < 1.29 is 38.7 Å². The fourth-order valence-corrected chi connectivity index (χ4v) is 6.86. The monoisotopic (exact) mass is 388 g/mol. The Morgan fingerprint density at radius 3 is 2.46 bits per heavy atom. The van der Waals surface area contributed by atoms with Gasteiger partial charge in [0.2, 0.25) is 0 Å². The number of rotatable bonds is 0. The van der Waals surface area contributed by atoms with Gasteiger partial charge in [-0.2, -0.15) is 0 Å². The molecule has 0 aromatic rings. The molecule has 4 fully saturated rings. The second kappa shape index (κ2) is 4.60. The van der Waals surface area contributed by atoms with Gasteiger partial charge >= 0.3 is 0 Å². The molecule has 148 valence electrons. The third-order valence-corrected chi connectivity index (χ3v) is 8.00. The molecule has 0 amide bonds. The molecular weight excluding hydrogens is 368 g/mol. The van der Waals surface area contributed by atoms with Gasteiger partial charge in [-0.3, -0.25) is 9.59 Å². The summed E-state index contributed by atoms with van der Waals surface area (Å²) in [6.07, 6.45) is -4.40. The summed E-state index contributed by atoms with van der Waals surface area (Å²) in [5.41, 5.74) is 0.269. The van der Waals surface area contributed by atoms with E-state index in [1.54, 1.807) is 0 Å². The first-order valence-electron chi connectivity index (χ1n) is 9.90. The molecule has 0 aromatic carbocycles. The van der Waals surface area contributed by atoms with Crippen LogP contribution >= 0.6 is 0 Å². The second-order valence-corrected chi connectivity index (χ2v) is 9.09. The molecule has 8 aliphatic rings. The lowest BCUT2D eigenvalue weighted by Crippen LogP contribution is -2.72. The Morgan fingerprint density at radius 2 is 1.68 bits per heavy atom. The van der Waals surface area contributed by atoms with Gasteiger partial charge in [0.25, 0.3) is 0 Å². The number of ether oxygens (including phenoxy) is 4. The minimum absolute atomic E-state index is 0.113. The van der Waals surface area contributed by atoms with Gasteiger partial charge in [0.1, 0.15) is 36.6 Å². The first-order valence-corrected chi connectivity index (χ1v) is 9.90. The summed E-state index contributed by atoms with van der Waals surface area (Å²) in [6, 6.07) is 0. The number of epoxide rings is 2. The fourth-order valence-electron chi connectivity index (χ4n) is 6.86. The van der Waals surface area contributed by atoms with E-state index in [0.717, 1.165) is 0 Å². The highest BCUT2D eigenvalue weighted by atomic mass is 16.6. The smallest absolute Gasteiger partial charge is 0.190 e. The van der Waals surface area contributed by atoms with Gasteiger partial charge in [0, 0.05) is 23.0 Å². The molecule has 8 rings (SSSR count). The molecule has 3 aliphatic carbocycles. The first-order chi connectivity index (χ1) is 13.4. The van der Waals surface area contributed by atoms with Crippen LogP contribution < -0.4 is 0 Å². The summed E-state index contributed by atoms with van der Waals surface area (Å²) in [6.45, 7) is 3.77. The van der Waals surface area contributed by atoms with Crippen molar-refractivity contribution in [1.82, 2.24) is 0 Å². The van der Waals surface area contributed by atoms with Gasteiger partial charge in [0.15, 0.2) is 11.6 Å². The van der Waals surface area contributed by atoms with Crippen LogP contribution in [0.4, 0.5) is 0 Å². The van der Waals surface area contributed by atoms with Crippen molar-refractivity contribution in [3.63, 3.8) is 0 Å². The molecule has 8 nitrogen and oxygen atoms in total. The van der Waals surface area contributed by atoms with Crippen LogP contribution in [0.1, 0.15) is 13.8 Å². The van der Waals surface area contributed by atoms with Crippen molar-refractivity contribution in [1.29, 1.82) is 0 Å². The summed E-state index contributed by atoms with van der Waals surface area (Å²) in [5.74, 6) is -1.05. The summed E-state index contributed by atoms with van der Waals surface area (Å²) >= 11 is 0. The van der Waals surface area contributed by atoms with E-state index in [4.69, 9.17) is 18.9 Å². The molecule has 0 aromatic heterocycles. The Bertz CT molecular complexity index is 921. The predicted octanol–water partition coefficient (Wildman–Crippen LogP) is -0.973. The molecule has 2 bridgehead atoms. The van der Waals surface area contributed by atoms with Crippen LogP contribution in [-0.2, 0) is 28.5 Å². The largest absolute Gasteiger partial charge is 0.498 e. The van der Waals surface area contributed by atoms with Gasteiger partial charge in [0.05, 0.1) is 30.0 Å². The number of hydrogen-bond donors (Lipinski definition) is 2. The Hall–Kier alpha value is -1.58. The minimum Gasteiger partial charge on any atom is -0.498 e. The number of fused-ring (bicyclic) bond motifs is 3. The summed E-state index contributed by atoms with van der Waals surface area (Å²) < 4.78 is 23.1. The van der Waals surface area contributed by atoms with Crippen molar-refractivity contribution in [3.05, 3.63) is 23.0 Å². The maximum atomic E-state index is 13.7. The van der Waals surface area contributed by atoms with E-state index in [0.29, 0.717) is 16.7 Å². The van der Waals surface area contributed by atoms with Crippen molar-refractivity contribution in [2.75, 3.05) is 0 Å². The SMILES string of the molecule is CC1O[C@@H]2C3=C(C(=O)[C@@H]4OC4[C@H]3O)C1[C@H]1[C@H](C)OC=C3[C@H](O)C4O[C@H]4C(=O)[C@]321. The highest BCUT2D eigenvalue weighted by Crippen LogP contribution is 2.67. The Morgan fingerprint density at radius 1 is 0.964 bits per heavy atom. The zero-order valence-corrected chi connectivity index (χ0v) is 15.3. The highest BCUT2D eigenvalue weighted by molar-refractivity contribution is 6.06. The molecule has 8 heteroatoms. The van der Waals surface area contributed by atoms with E-state index in [1.807, 2.05) is 13.8 Å². The minimum atomic E-state index is -1.19. The average molecular weight is 388 g/mol. The summed E-state index contributed by atoms with van der Waals surface area (Å²) in [5, 5.41) is 21.8. The number of carbonyl (C=O) groups excluding carboxylic acids is 2. The van der Waals surface area contributed by atoms with Gasteiger partial charge in [-0.15, -0.1) is 0 Å². The summed E-state index contributed by atoms with van der Waals surface area (Å²) in [7, 11) is 0. The predicted molar refractivity (Wildman–Crippen MR) is 88.8 cm³/mol. The van der Waals surface area contributed by atoms with Gasteiger partial charge < -0.3 is 29.2 Å². The third kappa shape index (κ3) is 1.47. The molecule has 4 unspecified atom stereocenters. The molecule has 1 saturated carbocycles. The second-order valence-electron chi connectivity index (χ2n) is 9.09. The third-order valence-electron chi connectivity index (χ3n) is 8.00. The van der Waals surface area contributed by atoms with Crippen LogP contribution in [0.15, 0.2) is 23.0 Å². The molecule has 12 atom stereocenters. The van der Waals surface area contributed by atoms with Crippen LogP contribution in [0.25, 0.3) is 0 Å². The lowest BCUT2D eigenvalue weighted by molar-refractivity contribution is -0.210. The van der Waals surface area contributed by atoms with Crippen LogP contribution in [0, 0.1) is 17.3 Å². The van der Waals surface area contributed by atoms with Crippen LogP contribution in [-0.4, -0.2) is 76.7 Å². The van der Waals surface area contributed by atoms with Crippen LogP contribution in [0.5, 0.6) is 0 Å². The normalized spacial score (nSPS) is 60.0. The number of aliphatic hydroxyl groups is 2. The van der Waals surface area contributed by atoms with Crippen LogP contribution in [0.3, 0.4) is 0 Å². The summed E-state index contributed by atoms with van der Waals surface area (Å²) in [4.78, 5) is 26.7. The van der Waals surface area contributed by atoms with Crippen molar-refractivity contribution in [3.8, 4) is 0 Å². The van der Waals surface area contributed by atoms with E-state index < -0.39 is 54.1 Å². The standard InChI is InChI=1S/C20H20O8/c1-4-7-8-9(13(23)16-15(27-16)12(8)22)19(26-4)20-6(3-25-5(2)10(7)20)11(21)14-17(28-14)18(20)24/h3-5,7,10-11,13-17,19,21,23H,1-2H3/t4?,5-,7?,10+,11-,13-,14?,15-,16?,17+,19+,20+/m0/s1. The molecule has 5 aliphatic heterocycles. The lowest BCUT2D eigenvalue weighted by Gasteiger charge is -2.63. The van der Waals surface area contributed by atoms with E-state index in [1.165, 1.54) is 6.26 Å². The topological polar surface area (TPSA) is 118 Å². The highest BCUT2D eigenvalue weighted by Gasteiger charge is 2.78. The molecule has 2 N–H and O–H groups in total. The molecular formula is C20H20O8. The Kier molecular flexibility index (Phi) is 2.67. The number of carbonyl (C=O) groups is 2. The molecule has 5 heterocycles.